The Hall–Kier alpha value is -2.91. The van der Waals surface area contributed by atoms with Gasteiger partial charge in [-0.1, -0.05) is 49.2 Å². The van der Waals surface area contributed by atoms with Crippen molar-refractivity contribution in [3.63, 3.8) is 0 Å². The number of benzene rings is 2. The van der Waals surface area contributed by atoms with Gasteiger partial charge in [-0.2, -0.15) is 5.26 Å². The molecular weight excluding hydrogens is 369 g/mol. The Kier molecular flexibility index (Phi) is 5.50. The average Bonchev–Trinajstić information content (AvgIpc) is 3.22. The highest BCUT2D eigenvalue weighted by Crippen LogP contribution is 2.44. The largest absolute Gasteiger partial charge is 0.394 e. The zero-order valence-corrected chi connectivity index (χ0v) is 16.1. The van der Waals surface area contributed by atoms with Crippen LogP contribution in [0.1, 0.15) is 37.2 Å². The average molecular weight is 393 g/mol. The first-order chi connectivity index (χ1) is 14.1. The Bertz CT molecular complexity index is 918. The summed E-state index contributed by atoms with van der Waals surface area (Å²) >= 11 is 0. The highest BCUT2D eigenvalue weighted by molar-refractivity contribution is 5.79. The topological polar surface area (TPSA) is 76.4 Å². The quantitative estimate of drug-likeness (QED) is 0.830. The van der Waals surface area contributed by atoms with Crippen LogP contribution in [0.2, 0.25) is 0 Å². The van der Waals surface area contributed by atoms with Gasteiger partial charge in [-0.25, -0.2) is 9.18 Å². The molecule has 0 aromatic heterocycles. The van der Waals surface area contributed by atoms with Crippen LogP contribution in [-0.4, -0.2) is 40.8 Å². The second-order valence-electron chi connectivity index (χ2n) is 7.78. The van der Waals surface area contributed by atoms with E-state index >= 15 is 0 Å². The van der Waals surface area contributed by atoms with E-state index in [0.29, 0.717) is 0 Å². The van der Waals surface area contributed by atoms with Gasteiger partial charge in [0, 0.05) is 12.0 Å². The fourth-order valence-corrected chi connectivity index (χ4v) is 4.66. The zero-order chi connectivity index (χ0) is 20.4. The molecule has 0 unspecified atom stereocenters. The van der Waals surface area contributed by atoms with E-state index in [4.69, 9.17) is 0 Å². The maximum absolute atomic E-state index is 13.4. The van der Waals surface area contributed by atoms with Crippen LogP contribution in [0.15, 0.2) is 48.5 Å². The number of aliphatic hydroxyl groups excluding tert-OH is 1. The van der Waals surface area contributed by atoms with E-state index < -0.39 is 12.1 Å². The molecule has 0 bridgehead atoms. The van der Waals surface area contributed by atoms with Gasteiger partial charge < -0.3 is 15.3 Å². The Balaban J connectivity index is 1.62. The highest BCUT2D eigenvalue weighted by Gasteiger charge is 2.52. The lowest BCUT2D eigenvalue weighted by Gasteiger charge is -2.52. The molecule has 29 heavy (non-hydrogen) atoms. The van der Waals surface area contributed by atoms with Crippen molar-refractivity contribution in [3.05, 3.63) is 59.9 Å². The molecule has 3 atom stereocenters. The van der Waals surface area contributed by atoms with Crippen molar-refractivity contribution in [1.29, 1.82) is 5.26 Å². The van der Waals surface area contributed by atoms with E-state index in [1.54, 1.807) is 12.1 Å². The van der Waals surface area contributed by atoms with E-state index in [2.05, 4.69) is 11.4 Å². The molecular formula is C23H24FN3O2. The number of likely N-dealkylation sites (tertiary alicyclic amines) is 1. The minimum absolute atomic E-state index is 0.145. The third kappa shape index (κ3) is 3.58. The minimum Gasteiger partial charge on any atom is -0.394 e. The molecule has 2 aromatic carbocycles. The number of halogens is 1. The molecule has 1 aliphatic heterocycles. The van der Waals surface area contributed by atoms with E-state index in [1.807, 2.05) is 24.3 Å². The Morgan fingerprint density at radius 2 is 1.86 bits per heavy atom. The summed E-state index contributed by atoms with van der Waals surface area (Å²) in [4.78, 5) is 14.3. The Morgan fingerprint density at radius 1 is 1.17 bits per heavy atom. The molecule has 2 N–H and O–H groups in total. The van der Waals surface area contributed by atoms with Crippen LogP contribution in [0, 0.1) is 17.1 Å². The standard InChI is InChI=1S/C23H24FN3O2/c24-16-11-9-15(10-12-16)18-7-3-4-8-19(18)22-20(13-25)27(21(22)14-28)23(29)26-17-5-1-2-6-17/h3-4,7-12,17,20-22,28H,1-2,5-6,14H2,(H,26,29)/t20-,21+,22+/m0/s1. The number of nitrogens with zero attached hydrogens (tertiary/aromatic N) is 2. The molecule has 2 amide bonds. The van der Waals surface area contributed by atoms with Crippen molar-refractivity contribution in [2.24, 2.45) is 0 Å². The van der Waals surface area contributed by atoms with E-state index in [0.717, 1.165) is 42.4 Å². The van der Waals surface area contributed by atoms with Gasteiger partial charge in [0.05, 0.1) is 18.7 Å². The highest BCUT2D eigenvalue weighted by atomic mass is 19.1. The van der Waals surface area contributed by atoms with Crippen molar-refractivity contribution in [2.45, 2.75) is 49.7 Å². The second-order valence-corrected chi connectivity index (χ2v) is 7.78. The molecule has 2 fully saturated rings. The fraction of sp³-hybridized carbons (Fsp3) is 0.391. The predicted octanol–water partition coefficient (Wildman–Crippen LogP) is 3.80. The number of carbonyl (C=O) groups excluding carboxylic acids is 1. The number of hydrogen-bond acceptors (Lipinski definition) is 3. The summed E-state index contributed by atoms with van der Waals surface area (Å²) in [6.45, 7) is -0.224. The summed E-state index contributed by atoms with van der Waals surface area (Å²) in [6, 6.07) is 14.8. The SMILES string of the molecule is N#C[C@H]1[C@@H](c2ccccc2-c2ccc(F)cc2)[C@@H](CO)N1C(=O)NC1CCCC1. The first-order valence-corrected chi connectivity index (χ1v) is 10.1. The maximum atomic E-state index is 13.4. The van der Waals surface area contributed by atoms with Crippen LogP contribution in [0.25, 0.3) is 11.1 Å². The molecule has 5 nitrogen and oxygen atoms in total. The monoisotopic (exact) mass is 393 g/mol. The van der Waals surface area contributed by atoms with Crippen LogP contribution < -0.4 is 5.32 Å². The van der Waals surface area contributed by atoms with Crippen LogP contribution in [0.3, 0.4) is 0 Å². The summed E-state index contributed by atoms with van der Waals surface area (Å²) < 4.78 is 13.4. The second kappa shape index (κ2) is 8.22. The van der Waals surface area contributed by atoms with Gasteiger partial charge in [-0.3, -0.25) is 0 Å². The molecule has 0 radical (unpaired) electrons. The van der Waals surface area contributed by atoms with Crippen LogP contribution in [0.4, 0.5) is 9.18 Å². The van der Waals surface area contributed by atoms with Gasteiger partial charge in [0.2, 0.25) is 0 Å². The number of urea groups is 1. The van der Waals surface area contributed by atoms with Gasteiger partial charge >= 0.3 is 6.03 Å². The Labute approximate surface area is 169 Å². The molecule has 1 saturated carbocycles. The molecule has 6 heteroatoms. The lowest BCUT2D eigenvalue weighted by molar-refractivity contribution is 0.0160. The zero-order valence-electron chi connectivity index (χ0n) is 16.1. The lowest BCUT2D eigenvalue weighted by atomic mass is 9.73. The van der Waals surface area contributed by atoms with E-state index in [9.17, 15) is 19.6 Å². The van der Waals surface area contributed by atoms with Crippen molar-refractivity contribution in [1.82, 2.24) is 10.2 Å². The summed E-state index contributed by atoms with van der Waals surface area (Å²) in [5, 5.41) is 22.9. The number of aliphatic hydroxyl groups is 1. The third-order valence-electron chi connectivity index (χ3n) is 6.12. The van der Waals surface area contributed by atoms with E-state index in [-0.39, 0.29) is 30.4 Å². The molecule has 150 valence electrons. The van der Waals surface area contributed by atoms with Crippen LogP contribution in [0.5, 0.6) is 0 Å². The molecule has 0 spiro atoms. The summed E-state index contributed by atoms with van der Waals surface area (Å²) in [5.74, 6) is -0.617. The Morgan fingerprint density at radius 3 is 2.52 bits per heavy atom. The summed E-state index contributed by atoms with van der Waals surface area (Å²) in [5.41, 5.74) is 2.60. The molecule has 4 rings (SSSR count). The number of rotatable bonds is 4. The first kappa shape index (κ1) is 19.4. The van der Waals surface area contributed by atoms with Gasteiger partial charge in [-0.05, 0) is 41.7 Å². The molecule has 1 aliphatic carbocycles. The fourth-order valence-electron chi connectivity index (χ4n) is 4.66. The van der Waals surface area contributed by atoms with Gasteiger partial charge in [-0.15, -0.1) is 0 Å². The van der Waals surface area contributed by atoms with Crippen molar-refractivity contribution in [2.75, 3.05) is 6.61 Å². The molecule has 1 saturated heterocycles. The number of amides is 2. The normalized spacial score (nSPS) is 24.0. The predicted molar refractivity (Wildman–Crippen MR) is 107 cm³/mol. The van der Waals surface area contributed by atoms with Crippen molar-refractivity contribution in [3.8, 4) is 17.2 Å². The van der Waals surface area contributed by atoms with Crippen molar-refractivity contribution >= 4 is 6.03 Å². The lowest BCUT2D eigenvalue weighted by Crippen LogP contribution is -2.67. The van der Waals surface area contributed by atoms with Crippen molar-refractivity contribution < 1.29 is 14.3 Å². The molecule has 1 heterocycles. The number of nitrogens with one attached hydrogen (secondary N) is 1. The van der Waals surface area contributed by atoms with Gasteiger partial charge in [0.1, 0.15) is 11.9 Å². The molecule has 2 aromatic rings. The number of hydrogen-bond donors (Lipinski definition) is 2. The number of carbonyl (C=O) groups is 1. The summed E-state index contributed by atoms with van der Waals surface area (Å²) in [7, 11) is 0. The minimum atomic E-state index is -0.657. The summed E-state index contributed by atoms with van der Waals surface area (Å²) in [6.07, 6.45) is 4.11. The third-order valence-corrected chi connectivity index (χ3v) is 6.12. The van der Waals surface area contributed by atoms with Gasteiger partial charge in [0.25, 0.3) is 0 Å². The van der Waals surface area contributed by atoms with Crippen LogP contribution in [-0.2, 0) is 0 Å². The first-order valence-electron chi connectivity index (χ1n) is 10.1. The van der Waals surface area contributed by atoms with Gasteiger partial charge in [0.15, 0.2) is 0 Å². The molecule has 2 aliphatic rings. The number of nitriles is 1. The maximum Gasteiger partial charge on any atom is 0.319 e. The smallest absolute Gasteiger partial charge is 0.319 e. The van der Waals surface area contributed by atoms with E-state index in [1.165, 1.54) is 17.0 Å². The van der Waals surface area contributed by atoms with Crippen LogP contribution >= 0.6 is 0 Å².